The molecule has 0 unspecified atom stereocenters. The Morgan fingerprint density at radius 3 is 2.60 bits per heavy atom. The number of benzene rings is 1. The first-order valence-corrected chi connectivity index (χ1v) is 11.0. The zero-order valence-corrected chi connectivity index (χ0v) is 17.0. The third-order valence-corrected chi connectivity index (χ3v) is 6.97. The summed E-state index contributed by atoms with van der Waals surface area (Å²) in [7, 11) is -4.05. The molecule has 1 amide bonds. The lowest BCUT2D eigenvalue weighted by Gasteiger charge is -2.30. The SMILES string of the molecule is O=C(NCCCn1ccnc1)C1CCN(S(=O)(=O)c2cccc(C(F)(F)F)c2)CC1. The summed E-state index contributed by atoms with van der Waals surface area (Å²) in [6, 6.07) is 3.72. The van der Waals surface area contributed by atoms with Crippen LogP contribution in [0.3, 0.4) is 0 Å². The molecule has 0 aliphatic carbocycles. The molecule has 11 heteroatoms. The predicted octanol–water partition coefficient (Wildman–Crippen LogP) is 2.51. The van der Waals surface area contributed by atoms with Gasteiger partial charge in [0.1, 0.15) is 0 Å². The number of hydrogen-bond donors (Lipinski definition) is 1. The molecule has 2 heterocycles. The molecule has 1 aromatic carbocycles. The number of aromatic nitrogens is 2. The van der Waals surface area contributed by atoms with E-state index in [9.17, 15) is 26.4 Å². The van der Waals surface area contributed by atoms with Gasteiger partial charge >= 0.3 is 6.18 Å². The Morgan fingerprint density at radius 2 is 1.97 bits per heavy atom. The van der Waals surface area contributed by atoms with E-state index in [2.05, 4.69) is 10.3 Å². The van der Waals surface area contributed by atoms with E-state index in [1.807, 2.05) is 10.8 Å². The van der Waals surface area contributed by atoms with Crippen LogP contribution in [-0.4, -0.2) is 47.8 Å². The van der Waals surface area contributed by atoms with E-state index in [0.29, 0.717) is 25.5 Å². The van der Waals surface area contributed by atoms with Crippen LogP contribution in [0.2, 0.25) is 0 Å². The van der Waals surface area contributed by atoms with Crippen LogP contribution in [0.1, 0.15) is 24.8 Å². The predicted molar refractivity (Wildman–Crippen MR) is 103 cm³/mol. The quantitative estimate of drug-likeness (QED) is 0.665. The zero-order chi connectivity index (χ0) is 21.8. The van der Waals surface area contributed by atoms with E-state index in [4.69, 9.17) is 0 Å². The highest BCUT2D eigenvalue weighted by Gasteiger charge is 2.35. The molecule has 1 aliphatic rings. The van der Waals surface area contributed by atoms with E-state index in [1.54, 1.807) is 12.5 Å². The second-order valence-electron chi connectivity index (χ2n) is 7.15. The molecule has 0 bridgehead atoms. The third kappa shape index (κ3) is 5.39. The van der Waals surface area contributed by atoms with E-state index < -0.39 is 21.8 Å². The van der Waals surface area contributed by atoms with Gasteiger partial charge < -0.3 is 9.88 Å². The van der Waals surface area contributed by atoms with Gasteiger partial charge in [0.05, 0.1) is 16.8 Å². The standard InChI is InChI=1S/C19H23F3N4O3S/c20-19(21,22)16-3-1-4-17(13-16)30(28,29)26-10-5-15(6-11-26)18(27)24-7-2-9-25-12-8-23-14-25/h1,3-4,8,12-15H,2,5-7,9-11H2,(H,24,27). The van der Waals surface area contributed by atoms with Gasteiger partial charge in [-0.15, -0.1) is 0 Å². The monoisotopic (exact) mass is 444 g/mol. The Kier molecular flexibility index (Phi) is 6.81. The molecule has 0 atom stereocenters. The van der Waals surface area contributed by atoms with Crippen molar-refractivity contribution in [2.75, 3.05) is 19.6 Å². The summed E-state index contributed by atoms with van der Waals surface area (Å²) in [5, 5.41) is 2.86. The van der Waals surface area contributed by atoms with Gasteiger partial charge in [0.2, 0.25) is 15.9 Å². The Hall–Kier alpha value is -2.40. The number of nitrogens with zero attached hydrogens (tertiary/aromatic N) is 3. The molecule has 30 heavy (non-hydrogen) atoms. The van der Waals surface area contributed by atoms with Crippen molar-refractivity contribution >= 4 is 15.9 Å². The number of sulfonamides is 1. The van der Waals surface area contributed by atoms with Crippen LogP contribution in [0.4, 0.5) is 13.2 Å². The topological polar surface area (TPSA) is 84.3 Å². The van der Waals surface area contributed by atoms with Gasteiger partial charge in [0.25, 0.3) is 0 Å². The highest BCUT2D eigenvalue weighted by atomic mass is 32.2. The van der Waals surface area contributed by atoms with Crippen LogP contribution >= 0.6 is 0 Å². The molecule has 1 N–H and O–H groups in total. The largest absolute Gasteiger partial charge is 0.416 e. The van der Waals surface area contributed by atoms with Crippen molar-refractivity contribution in [3.63, 3.8) is 0 Å². The molecule has 1 aromatic heterocycles. The van der Waals surface area contributed by atoms with Crippen molar-refractivity contribution in [3.05, 3.63) is 48.5 Å². The van der Waals surface area contributed by atoms with Gasteiger partial charge in [-0.2, -0.15) is 17.5 Å². The van der Waals surface area contributed by atoms with E-state index in [0.717, 1.165) is 35.5 Å². The lowest BCUT2D eigenvalue weighted by atomic mass is 9.97. The summed E-state index contributed by atoms with van der Waals surface area (Å²) in [5.41, 5.74) is -1.01. The van der Waals surface area contributed by atoms with Gasteiger partial charge in [-0.05, 0) is 37.5 Å². The summed E-state index contributed by atoms with van der Waals surface area (Å²) >= 11 is 0. The fraction of sp³-hybridized carbons (Fsp3) is 0.474. The number of rotatable bonds is 7. The third-order valence-electron chi connectivity index (χ3n) is 5.08. The summed E-state index contributed by atoms with van der Waals surface area (Å²) in [6.07, 6.45) is 1.99. The molecule has 1 saturated heterocycles. The van der Waals surface area contributed by atoms with E-state index in [-0.39, 0.29) is 29.8 Å². The first kappa shape index (κ1) is 22.3. The summed E-state index contributed by atoms with van der Waals surface area (Å²) in [5.74, 6) is -0.442. The maximum Gasteiger partial charge on any atom is 0.416 e. The molecule has 164 valence electrons. The Labute approximate surface area is 172 Å². The minimum atomic E-state index is -4.62. The normalized spacial score (nSPS) is 16.5. The van der Waals surface area contributed by atoms with Crippen LogP contribution in [0.5, 0.6) is 0 Å². The van der Waals surface area contributed by atoms with Gasteiger partial charge in [-0.25, -0.2) is 13.4 Å². The van der Waals surface area contributed by atoms with Crippen molar-refractivity contribution in [1.29, 1.82) is 0 Å². The molecule has 2 aromatic rings. The molecular formula is C19H23F3N4O3S. The van der Waals surface area contributed by atoms with Crippen LogP contribution in [0.25, 0.3) is 0 Å². The van der Waals surface area contributed by atoms with Crippen molar-refractivity contribution in [3.8, 4) is 0 Å². The summed E-state index contributed by atoms with van der Waals surface area (Å²) < 4.78 is 67.1. The van der Waals surface area contributed by atoms with Crippen LogP contribution in [0, 0.1) is 5.92 Å². The highest BCUT2D eigenvalue weighted by molar-refractivity contribution is 7.89. The Balaban J connectivity index is 1.51. The lowest BCUT2D eigenvalue weighted by Crippen LogP contribution is -2.43. The van der Waals surface area contributed by atoms with Gasteiger partial charge in [0, 0.05) is 44.5 Å². The average Bonchev–Trinajstić information content (AvgIpc) is 3.24. The lowest BCUT2D eigenvalue weighted by molar-refractivity contribution is -0.137. The fourth-order valence-corrected chi connectivity index (χ4v) is 4.89. The Bertz CT molecular complexity index is 954. The number of imidazole rings is 1. The number of hydrogen-bond acceptors (Lipinski definition) is 4. The van der Waals surface area contributed by atoms with Gasteiger partial charge in [-0.3, -0.25) is 4.79 Å². The number of aryl methyl sites for hydroxylation is 1. The first-order valence-electron chi connectivity index (χ1n) is 9.59. The van der Waals surface area contributed by atoms with Crippen molar-refractivity contribution in [2.45, 2.75) is 36.9 Å². The first-order chi connectivity index (χ1) is 14.2. The number of carbonyl (C=O) groups is 1. The molecule has 0 radical (unpaired) electrons. The minimum Gasteiger partial charge on any atom is -0.356 e. The smallest absolute Gasteiger partial charge is 0.356 e. The number of carbonyl (C=O) groups excluding carboxylic acids is 1. The Morgan fingerprint density at radius 1 is 1.23 bits per heavy atom. The van der Waals surface area contributed by atoms with Crippen molar-refractivity contribution < 1.29 is 26.4 Å². The van der Waals surface area contributed by atoms with E-state index >= 15 is 0 Å². The number of halogens is 3. The van der Waals surface area contributed by atoms with Gasteiger partial charge in [0.15, 0.2) is 0 Å². The molecule has 0 spiro atoms. The number of piperidine rings is 1. The van der Waals surface area contributed by atoms with Crippen LogP contribution < -0.4 is 5.32 Å². The molecule has 0 saturated carbocycles. The maximum absolute atomic E-state index is 12.9. The molecule has 1 aliphatic heterocycles. The molecular weight excluding hydrogens is 421 g/mol. The molecule has 1 fully saturated rings. The summed E-state index contributed by atoms with van der Waals surface area (Å²) in [6.45, 7) is 1.41. The molecule has 3 rings (SSSR count). The second kappa shape index (κ2) is 9.17. The van der Waals surface area contributed by atoms with Gasteiger partial charge in [-0.1, -0.05) is 6.07 Å². The zero-order valence-electron chi connectivity index (χ0n) is 16.2. The maximum atomic E-state index is 12.9. The molecule has 7 nitrogen and oxygen atoms in total. The number of amides is 1. The minimum absolute atomic E-state index is 0.0890. The van der Waals surface area contributed by atoms with Crippen molar-refractivity contribution in [2.24, 2.45) is 5.92 Å². The summed E-state index contributed by atoms with van der Waals surface area (Å²) in [4.78, 5) is 15.9. The van der Waals surface area contributed by atoms with Crippen LogP contribution in [0.15, 0.2) is 47.9 Å². The average molecular weight is 444 g/mol. The van der Waals surface area contributed by atoms with Crippen LogP contribution in [-0.2, 0) is 27.5 Å². The second-order valence-corrected chi connectivity index (χ2v) is 9.09. The highest BCUT2D eigenvalue weighted by Crippen LogP contribution is 2.32. The fourth-order valence-electron chi connectivity index (χ4n) is 3.38. The van der Waals surface area contributed by atoms with Crippen molar-refractivity contribution in [1.82, 2.24) is 19.2 Å². The van der Waals surface area contributed by atoms with E-state index in [1.165, 1.54) is 0 Å². The number of nitrogens with one attached hydrogen (secondary N) is 1. The number of alkyl halides is 3.